The fraction of sp³-hybridized carbons (Fsp3) is 0.310. The first-order valence-corrected chi connectivity index (χ1v) is 13.0. The van der Waals surface area contributed by atoms with Crippen molar-refractivity contribution in [2.75, 3.05) is 5.75 Å². The van der Waals surface area contributed by atoms with Crippen molar-refractivity contribution >= 4 is 23.6 Å². The van der Waals surface area contributed by atoms with Crippen molar-refractivity contribution in [3.63, 3.8) is 0 Å². The number of rotatable bonds is 11. The highest BCUT2D eigenvalue weighted by Crippen LogP contribution is 2.20. The summed E-state index contributed by atoms with van der Waals surface area (Å²) in [6.45, 7) is 5.84. The van der Waals surface area contributed by atoms with Gasteiger partial charge in [0, 0.05) is 30.3 Å². The van der Waals surface area contributed by atoms with Crippen LogP contribution < -0.4 is 5.32 Å². The summed E-state index contributed by atoms with van der Waals surface area (Å²) in [6, 6.07) is 23.4. The van der Waals surface area contributed by atoms with E-state index in [4.69, 9.17) is 0 Å². The van der Waals surface area contributed by atoms with E-state index in [1.165, 1.54) is 28.3 Å². The Bertz CT molecular complexity index is 1100. The zero-order valence-electron chi connectivity index (χ0n) is 20.5. The molecule has 3 aromatic carbocycles. The van der Waals surface area contributed by atoms with E-state index < -0.39 is 6.04 Å². The maximum atomic E-state index is 14.6. The van der Waals surface area contributed by atoms with E-state index in [9.17, 15) is 14.0 Å². The second-order valence-corrected chi connectivity index (χ2v) is 9.95. The van der Waals surface area contributed by atoms with Crippen LogP contribution in [0.3, 0.4) is 0 Å². The molecule has 0 radical (unpaired) electrons. The number of hydrogen-bond donors (Lipinski definition) is 1. The highest BCUT2D eigenvalue weighted by atomic mass is 32.2. The van der Waals surface area contributed by atoms with Crippen LogP contribution in [0.25, 0.3) is 0 Å². The Morgan fingerprint density at radius 2 is 1.57 bits per heavy atom. The summed E-state index contributed by atoms with van der Waals surface area (Å²) in [5.74, 6) is 0.0616. The molecule has 3 aromatic rings. The van der Waals surface area contributed by atoms with Crippen LogP contribution in [0.2, 0.25) is 0 Å². The van der Waals surface area contributed by atoms with E-state index in [0.717, 1.165) is 11.1 Å². The van der Waals surface area contributed by atoms with E-state index in [0.29, 0.717) is 17.7 Å². The molecule has 1 N–H and O–H groups in total. The van der Waals surface area contributed by atoms with Crippen LogP contribution in [0, 0.1) is 12.7 Å². The summed E-state index contributed by atoms with van der Waals surface area (Å²) < 4.78 is 14.6. The summed E-state index contributed by atoms with van der Waals surface area (Å²) in [6.07, 6.45) is 0.349. The molecular weight excluding hydrogens is 459 g/mol. The highest BCUT2D eigenvalue weighted by Gasteiger charge is 2.31. The Kier molecular flexibility index (Phi) is 9.91. The molecule has 0 fully saturated rings. The van der Waals surface area contributed by atoms with Gasteiger partial charge in [0.2, 0.25) is 11.8 Å². The van der Waals surface area contributed by atoms with Crippen LogP contribution in [0.15, 0.2) is 78.9 Å². The SMILES string of the molecule is Cc1ccc(CSCC(=O)N(Cc2ccccc2F)[C@H](Cc2ccccc2)C(=O)NC(C)C)cc1. The molecule has 6 heteroatoms. The van der Waals surface area contributed by atoms with E-state index in [-0.39, 0.29) is 36.0 Å². The van der Waals surface area contributed by atoms with E-state index in [1.807, 2.05) is 63.2 Å². The van der Waals surface area contributed by atoms with Crippen molar-refractivity contribution in [3.05, 3.63) is 107 Å². The van der Waals surface area contributed by atoms with Crippen LogP contribution in [-0.4, -0.2) is 34.6 Å². The zero-order valence-corrected chi connectivity index (χ0v) is 21.4. The van der Waals surface area contributed by atoms with Gasteiger partial charge in [-0.2, -0.15) is 0 Å². The molecule has 2 amide bonds. The normalized spacial score (nSPS) is 11.8. The van der Waals surface area contributed by atoms with Crippen LogP contribution in [0.4, 0.5) is 4.39 Å². The van der Waals surface area contributed by atoms with Gasteiger partial charge < -0.3 is 10.2 Å². The van der Waals surface area contributed by atoms with E-state index in [1.54, 1.807) is 18.2 Å². The Labute approximate surface area is 211 Å². The van der Waals surface area contributed by atoms with Gasteiger partial charge in [-0.15, -0.1) is 11.8 Å². The lowest BCUT2D eigenvalue weighted by Crippen LogP contribution is -2.52. The minimum absolute atomic E-state index is 0.0274. The molecule has 0 saturated heterocycles. The standard InChI is InChI=1S/C29H33FN2O2S/c1-21(2)31-29(34)27(17-23-9-5-4-6-10-23)32(18-25-11-7-8-12-26(25)30)28(33)20-35-19-24-15-13-22(3)14-16-24/h4-16,21,27H,17-20H2,1-3H3,(H,31,34)/t27-/m1/s1. The molecule has 0 bridgehead atoms. The maximum Gasteiger partial charge on any atom is 0.243 e. The maximum absolute atomic E-state index is 14.6. The zero-order chi connectivity index (χ0) is 25.2. The average molecular weight is 493 g/mol. The largest absolute Gasteiger partial charge is 0.352 e. The van der Waals surface area contributed by atoms with Crippen molar-refractivity contribution < 1.29 is 14.0 Å². The summed E-state index contributed by atoms with van der Waals surface area (Å²) >= 11 is 1.50. The average Bonchev–Trinajstić information content (AvgIpc) is 2.83. The topological polar surface area (TPSA) is 49.4 Å². The van der Waals surface area contributed by atoms with E-state index >= 15 is 0 Å². The lowest BCUT2D eigenvalue weighted by atomic mass is 10.0. The summed E-state index contributed by atoms with van der Waals surface area (Å²) in [7, 11) is 0. The molecular formula is C29H33FN2O2S. The first-order chi connectivity index (χ1) is 16.8. The Morgan fingerprint density at radius 1 is 0.914 bits per heavy atom. The smallest absolute Gasteiger partial charge is 0.243 e. The number of carbonyl (C=O) groups is 2. The van der Waals surface area contributed by atoms with Gasteiger partial charge >= 0.3 is 0 Å². The third kappa shape index (κ3) is 8.25. The first-order valence-electron chi connectivity index (χ1n) is 11.8. The fourth-order valence-corrected chi connectivity index (χ4v) is 4.64. The molecule has 4 nitrogen and oxygen atoms in total. The number of benzene rings is 3. The predicted molar refractivity (Wildman–Crippen MR) is 142 cm³/mol. The lowest BCUT2D eigenvalue weighted by molar-refractivity contribution is -0.139. The van der Waals surface area contributed by atoms with Crippen molar-refractivity contribution in [1.29, 1.82) is 0 Å². The van der Waals surface area contributed by atoms with Gasteiger partial charge in [0.05, 0.1) is 5.75 Å². The minimum atomic E-state index is -0.758. The van der Waals surface area contributed by atoms with Gasteiger partial charge in [-0.25, -0.2) is 4.39 Å². The number of thioether (sulfide) groups is 1. The van der Waals surface area contributed by atoms with Crippen LogP contribution in [0.1, 0.15) is 36.1 Å². The summed E-state index contributed by atoms with van der Waals surface area (Å²) in [5.41, 5.74) is 3.65. The molecule has 0 saturated carbocycles. The lowest BCUT2D eigenvalue weighted by Gasteiger charge is -2.32. The Balaban J connectivity index is 1.85. The summed E-state index contributed by atoms with van der Waals surface area (Å²) in [5, 5.41) is 2.95. The van der Waals surface area contributed by atoms with Crippen LogP contribution in [0.5, 0.6) is 0 Å². The molecule has 0 aliphatic rings. The van der Waals surface area contributed by atoms with E-state index in [2.05, 4.69) is 17.4 Å². The monoisotopic (exact) mass is 492 g/mol. The third-order valence-electron chi connectivity index (χ3n) is 5.62. The second kappa shape index (κ2) is 13.1. The minimum Gasteiger partial charge on any atom is -0.352 e. The molecule has 0 heterocycles. The van der Waals surface area contributed by atoms with Gasteiger partial charge in [-0.05, 0) is 38.0 Å². The third-order valence-corrected chi connectivity index (χ3v) is 6.60. The summed E-state index contributed by atoms with van der Waals surface area (Å²) in [4.78, 5) is 28.4. The fourth-order valence-electron chi connectivity index (χ4n) is 3.77. The molecule has 0 unspecified atom stereocenters. The number of amides is 2. The van der Waals surface area contributed by atoms with Crippen molar-refractivity contribution in [2.45, 2.75) is 51.6 Å². The molecule has 0 spiro atoms. The van der Waals surface area contributed by atoms with Gasteiger partial charge in [-0.1, -0.05) is 78.4 Å². The molecule has 0 aliphatic carbocycles. The number of carbonyl (C=O) groups excluding carboxylic acids is 2. The van der Waals surface area contributed by atoms with Gasteiger partial charge in [0.15, 0.2) is 0 Å². The predicted octanol–water partition coefficient (Wildman–Crippen LogP) is 5.53. The van der Waals surface area contributed by atoms with Gasteiger partial charge in [0.25, 0.3) is 0 Å². The molecule has 0 aromatic heterocycles. The van der Waals surface area contributed by atoms with Crippen molar-refractivity contribution in [3.8, 4) is 0 Å². The molecule has 35 heavy (non-hydrogen) atoms. The van der Waals surface area contributed by atoms with Crippen LogP contribution in [-0.2, 0) is 28.3 Å². The number of nitrogens with zero attached hydrogens (tertiary/aromatic N) is 1. The quantitative estimate of drug-likeness (QED) is 0.383. The van der Waals surface area contributed by atoms with Crippen molar-refractivity contribution in [2.24, 2.45) is 0 Å². The van der Waals surface area contributed by atoms with Gasteiger partial charge in [0.1, 0.15) is 11.9 Å². The van der Waals surface area contributed by atoms with Crippen molar-refractivity contribution in [1.82, 2.24) is 10.2 Å². The van der Waals surface area contributed by atoms with Crippen LogP contribution >= 0.6 is 11.8 Å². The highest BCUT2D eigenvalue weighted by molar-refractivity contribution is 7.99. The molecule has 0 aliphatic heterocycles. The Morgan fingerprint density at radius 3 is 2.23 bits per heavy atom. The van der Waals surface area contributed by atoms with Gasteiger partial charge in [-0.3, -0.25) is 9.59 Å². The first kappa shape index (κ1) is 26.5. The second-order valence-electron chi connectivity index (χ2n) is 8.96. The number of hydrogen-bond acceptors (Lipinski definition) is 3. The molecule has 184 valence electrons. The molecule has 1 atom stereocenters. The Hall–Kier alpha value is -3.12. The number of nitrogens with one attached hydrogen (secondary N) is 1. The number of halogens is 1. The number of aryl methyl sites for hydroxylation is 1. The molecule has 3 rings (SSSR count).